The average molecular weight is 340 g/mol. The Bertz CT molecular complexity index is 1110. The topological polar surface area (TPSA) is 58.6 Å². The van der Waals surface area contributed by atoms with Gasteiger partial charge in [-0.15, -0.1) is 11.3 Å². The van der Waals surface area contributed by atoms with Crippen LogP contribution in [0.25, 0.3) is 32.2 Å². The number of thiophene rings is 1. The van der Waals surface area contributed by atoms with E-state index in [9.17, 15) is 4.79 Å². The molecular weight excluding hydrogens is 330 g/mol. The smallest absolute Gasteiger partial charge is 0.259 e. The van der Waals surface area contributed by atoms with E-state index in [2.05, 4.69) is 15.0 Å². The average Bonchev–Trinajstić information content (AvgIpc) is 3.02. The Balaban J connectivity index is 1.81. The highest BCUT2D eigenvalue weighted by Gasteiger charge is 2.07. The van der Waals surface area contributed by atoms with Crippen molar-refractivity contribution in [3.05, 3.63) is 69.7 Å². The summed E-state index contributed by atoms with van der Waals surface area (Å²) in [6.07, 6.45) is 3.50. The lowest BCUT2D eigenvalue weighted by Crippen LogP contribution is -2.10. The first-order chi connectivity index (χ1) is 11.2. The van der Waals surface area contributed by atoms with Crippen molar-refractivity contribution in [2.45, 2.75) is 0 Å². The molecule has 4 aromatic rings. The summed E-state index contributed by atoms with van der Waals surface area (Å²) in [7, 11) is 0. The van der Waals surface area contributed by atoms with Gasteiger partial charge in [-0.3, -0.25) is 9.78 Å². The van der Waals surface area contributed by atoms with E-state index in [1.165, 1.54) is 0 Å². The van der Waals surface area contributed by atoms with Crippen LogP contribution in [0.3, 0.4) is 0 Å². The number of aromatic nitrogens is 3. The van der Waals surface area contributed by atoms with Crippen LogP contribution in [0.15, 0.2) is 52.8 Å². The second-order valence-corrected chi connectivity index (χ2v) is 6.35. The summed E-state index contributed by atoms with van der Waals surface area (Å²) < 4.78 is 1.09. The maximum atomic E-state index is 12.1. The predicted octanol–water partition coefficient (Wildman–Crippen LogP) is 4.27. The van der Waals surface area contributed by atoms with Crippen LogP contribution in [-0.2, 0) is 0 Å². The minimum Gasteiger partial charge on any atom is -0.305 e. The van der Waals surface area contributed by atoms with Gasteiger partial charge in [0.1, 0.15) is 0 Å². The molecule has 1 N–H and O–H groups in total. The van der Waals surface area contributed by atoms with Gasteiger partial charge in [-0.05, 0) is 41.3 Å². The number of nitrogens with one attached hydrogen (secondary N) is 1. The van der Waals surface area contributed by atoms with Crippen molar-refractivity contribution < 1.29 is 0 Å². The normalized spacial score (nSPS) is 12.1. The van der Waals surface area contributed by atoms with E-state index in [0.717, 1.165) is 15.8 Å². The number of rotatable bonds is 2. The van der Waals surface area contributed by atoms with Gasteiger partial charge in [0.2, 0.25) is 0 Å². The maximum Gasteiger partial charge on any atom is 0.259 e. The summed E-state index contributed by atoms with van der Waals surface area (Å²) in [5, 5.41) is 2.91. The van der Waals surface area contributed by atoms with E-state index in [4.69, 9.17) is 11.6 Å². The first kappa shape index (κ1) is 14.1. The number of para-hydroxylation sites is 1. The van der Waals surface area contributed by atoms with E-state index >= 15 is 0 Å². The minimum atomic E-state index is -0.205. The summed E-state index contributed by atoms with van der Waals surface area (Å²) >= 11 is 7.96. The van der Waals surface area contributed by atoms with E-state index < -0.39 is 0 Å². The fraction of sp³-hybridized carbons (Fsp3) is 0. The van der Waals surface area contributed by atoms with Crippen molar-refractivity contribution in [2.24, 2.45) is 0 Å². The van der Waals surface area contributed by atoms with Crippen LogP contribution in [0.4, 0.5) is 0 Å². The SMILES string of the molecule is O=c1[nH]c(/C(Cl)=C\c2cnc3ccsc3c2)nc2ccccc12. The molecule has 0 aliphatic carbocycles. The molecule has 1 aromatic carbocycles. The molecule has 0 saturated carbocycles. The number of fused-ring (bicyclic) bond motifs is 2. The van der Waals surface area contributed by atoms with Crippen molar-refractivity contribution in [1.82, 2.24) is 15.0 Å². The van der Waals surface area contributed by atoms with Crippen LogP contribution in [0.2, 0.25) is 0 Å². The number of aromatic amines is 1. The Morgan fingerprint density at radius 2 is 2.09 bits per heavy atom. The van der Waals surface area contributed by atoms with Gasteiger partial charge in [-0.25, -0.2) is 4.98 Å². The van der Waals surface area contributed by atoms with Crippen LogP contribution in [0.5, 0.6) is 0 Å². The van der Waals surface area contributed by atoms with Crippen molar-refractivity contribution in [3.63, 3.8) is 0 Å². The van der Waals surface area contributed by atoms with E-state index in [-0.39, 0.29) is 5.56 Å². The van der Waals surface area contributed by atoms with Crippen LogP contribution in [-0.4, -0.2) is 15.0 Å². The lowest BCUT2D eigenvalue weighted by atomic mass is 10.2. The molecule has 0 unspecified atom stereocenters. The predicted molar refractivity (Wildman–Crippen MR) is 95.7 cm³/mol. The molecule has 0 atom stereocenters. The second-order valence-electron chi connectivity index (χ2n) is 5.00. The highest BCUT2D eigenvalue weighted by atomic mass is 35.5. The Kier molecular flexibility index (Phi) is 3.44. The number of hydrogen-bond donors (Lipinski definition) is 1. The lowest BCUT2D eigenvalue weighted by molar-refractivity contribution is 1.14. The molecule has 0 fully saturated rings. The third kappa shape index (κ3) is 2.65. The molecule has 0 amide bonds. The third-order valence-electron chi connectivity index (χ3n) is 3.46. The quantitative estimate of drug-likeness (QED) is 0.593. The number of nitrogens with zero attached hydrogens (tertiary/aromatic N) is 2. The molecular formula is C17H10ClN3OS. The Morgan fingerprint density at radius 3 is 3.00 bits per heavy atom. The molecule has 3 aromatic heterocycles. The van der Waals surface area contributed by atoms with Gasteiger partial charge in [0, 0.05) is 6.20 Å². The number of hydrogen-bond acceptors (Lipinski definition) is 4. The molecule has 3 heterocycles. The molecule has 4 rings (SSSR count). The Morgan fingerprint density at radius 1 is 1.22 bits per heavy atom. The molecule has 0 spiro atoms. The zero-order valence-corrected chi connectivity index (χ0v) is 13.4. The molecule has 0 radical (unpaired) electrons. The molecule has 0 saturated heterocycles. The highest BCUT2D eigenvalue weighted by Crippen LogP contribution is 2.23. The van der Waals surface area contributed by atoms with Crippen LogP contribution in [0, 0.1) is 0 Å². The molecule has 0 aliphatic rings. The largest absolute Gasteiger partial charge is 0.305 e. The molecule has 4 nitrogen and oxygen atoms in total. The number of pyridine rings is 1. The monoisotopic (exact) mass is 339 g/mol. The molecule has 112 valence electrons. The van der Waals surface area contributed by atoms with Gasteiger partial charge in [0.25, 0.3) is 5.56 Å². The summed E-state index contributed by atoms with van der Waals surface area (Å²) in [5.74, 6) is 0.349. The van der Waals surface area contributed by atoms with Gasteiger partial charge in [0.15, 0.2) is 5.82 Å². The van der Waals surface area contributed by atoms with Crippen molar-refractivity contribution in [3.8, 4) is 0 Å². The fourth-order valence-corrected chi connectivity index (χ4v) is 3.36. The number of benzene rings is 1. The van der Waals surface area contributed by atoms with Gasteiger partial charge in [0.05, 0.1) is 26.2 Å². The zero-order chi connectivity index (χ0) is 15.8. The molecule has 23 heavy (non-hydrogen) atoms. The van der Waals surface area contributed by atoms with Crippen molar-refractivity contribution in [2.75, 3.05) is 0 Å². The third-order valence-corrected chi connectivity index (χ3v) is 4.60. The summed E-state index contributed by atoms with van der Waals surface area (Å²) in [5.41, 5.74) is 2.23. The van der Waals surface area contributed by atoms with Gasteiger partial charge in [-0.1, -0.05) is 23.7 Å². The minimum absolute atomic E-state index is 0.205. The van der Waals surface area contributed by atoms with E-state index in [0.29, 0.717) is 21.8 Å². The van der Waals surface area contributed by atoms with Gasteiger partial charge >= 0.3 is 0 Å². The summed E-state index contributed by atoms with van der Waals surface area (Å²) in [6.45, 7) is 0. The van der Waals surface area contributed by atoms with Crippen LogP contribution >= 0.6 is 22.9 Å². The molecule has 0 aliphatic heterocycles. The van der Waals surface area contributed by atoms with Crippen LogP contribution in [0.1, 0.15) is 11.4 Å². The number of halogens is 1. The van der Waals surface area contributed by atoms with Crippen molar-refractivity contribution >= 4 is 55.2 Å². The van der Waals surface area contributed by atoms with Crippen molar-refractivity contribution in [1.29, 1.82) is 0 Å². The fourth-order valence-electron chi connectivity index (χ4n) is 2.35. The highest BCUT2D eigenvalue weighted by molar-refractivity contribution is 7.17. The lowest BCUT2D eigenvalue weighted by Gasteiger charge is -2.02. The summed E-state index contributed by atoms with van der Waals surface area (Å²) in [4.78, 5) is 23.6. The van der Waals surface area contributed by atoms with Crippen LogP contribution < -0.4 is 5.56 Å². The molecule has 6 heteroatoms. The second kappa shape index (κ2) is 5.61. The van der Waals surface area contributed by atoms with E-state index in [1.54, 1.807) is 41.8 Å². The number of H-pyrrole nitrogens is 1. The zero-order valence-electron chi connectivity index (χ0n) is 11.8. The van der Waals surface area contributed by atoms with Gasteiger partial charge in [-0.2, -0.15) is 0 Å². The Labute approximate surface area is 140 Å². The summed E-state index contributed by atoms with van der Waals surface area (Å²) in [6, 6.07) is 11.1. The first-order valence-corrected chi connectivity index (χ1v) is 8.16. The maximum absolute atomic E-state index is 12.1. The molecule has 0 bridgehead atoms. The first-order valence-electron chi connectivity index (χ1n) is 6.90. The standard InChI is InChI=1S/C17H10ClN3OS/c18-12(7-10-8-15-14(19-9-10)5-6-23-15)16-20-13-4-2-1-3-11(13)17(22)21-16/h1-9H,(H,20,21,22)/b12-7+. The Hall–Kier alpha value is -2.50. The van der Waals surface area contributed by atoms with Gasteiger partial charge < -0.3 is 4.98 Å². The van der Waals surface area contributed by atoms with E-state index in [1.807, 2.05) is 23.6 Å².